The van der Waals surface area contributed by atoms with Crippen molar-refractivity contribution in [2.45, 2.75) is 31.7 Å². The third-order valence-corrected chi connectivity index (χ3v) is 6.25. The van der Waals surface area contributed by atoms with E-state index in [4.69, 9.17) is 0 Å². The van der Waals surface area contributed by atoms with Gasteiger partial charge in [-0.3, -0.25) is 9.69 Å². The van der Waals surface area contributed by atoms with Gasteiger partial charge in [0.15, 0.2) is 0 Å². The molecule has 148 valence electrons. The van der Waals surface area contributed by atoms with Gasteiger partial charge in [0.25, 0.3) is 0 Å². The summed E-state index contributed by atoms with van der Waals surface area (Å²) in [5, 5.41) is 7.40. The number of nitrogens with zero attached hydrogens (tertiary/aromatic N) is 3. The Morgan fingerprint density at radius 1 is 1.03 bits per heavy atom. The highest BCUT2D eigenvalue weighted by Gasteiger charge is 2.32. The first kappa shape index (κ1) is 18.1. The Balaban J connectivity index is 1.23. The largest absolute Gasteiger partial charge is 0.326 e. The Morgan fingerprint density at radius 2 is 1.86 bits per heavy atom. The molecule has 3 aromatic rings. The van der Waals surface area contributed by atoms with E-state index in [1.54, 1.807) is 10.9 Å². The Kier molecular flexibility index (Phi) is 4.90. The van der Waals surface area contributed by atoms with Crippen LogP contribution in [-0.2, 0) is 17.6 Å². The summed E-state index contributed by atoms with van der Waals surface area (Å²) in [7, 11) is 0. The van der Waals surface area contributed by atoms with Crippen LogP contribution in [0.25, 0.3) is 5.69 Å². The summed E-state index contributed by atoms with van der Waals surface area (Å²) in [4.78, 5) is 15.5. The molecule has 29 heavy (non-hydrogen) atoms. The molecule has 0 radical (unpaired) electrons. The molecule has 1 amide bonds. The van der Waals surface area contributed by atoms with E-state index in [2.05, 4.69) is 39.6 Å². The zero-order chi connectivity index (χ0) is 19.6. The minimum absolute atomic E-state index is 0.0424. The quantitative estimate of drug-likeness (QED) is 0.744. The first-order chi connectivity index (χ1) is 14.3. The number of rotatable bonds is 4. The number of nitrogens with one attached hydrogen (secondary N) is 1. The molecule has 0 bridgehead atoms. The normalized spacial score (nSPS) is 19.8. The van der Waals surface area contributed by atoms with Crippen LogP contribution in [0, 0.1) is 5.92 Å². The van der Waals surface area contributed by atoms with Crippen molar-refractivity contribution in [2.24, 2.45) is 5.92 Å². The van der Waals surface area contributed by atoms with Crippen molar-refractivity contribution in [3.63, 3.8) is 0 Å². The van der Waals surface area contributed by atoms with Gasteiger partial charge in [-0.05, 0) is 67.6 Å². The maximum absolute atomic E-state index is 13.0. The van der Waals surface area contributed by atoms with E-state index in [1.807, 2.05) is 36.5 Å². The van der Waals surface area contributed by atoms with Crippen molar-refractivity contribution in [1.29, 1.82) is 0 Å². The molecule has 1 fully saturated rings. The van der Waals surface area contributed by atoms with Crippen LogP contribution in [0.2, 0.25) is 0 Å². The summed E-state index contributed by atoms with van der Waals surface area (Å²) in [6.45, 7) is 1.94. The van der Waals surface area contributed by atoms with Crippen LogP contribution in [0.1, 0.15) is 24.0 Å². The predicted octanol–water partition coefficient (Wildman–Crippen LogP) is 3.69. The van der Waals surface area contributed by atoms with Crippen molar-refractivity contribution in [2.75, 3.05) is 18.4 Å². The summed E-state index contributed by atoms with van der Waals surface area (Å²) >= 11 is 0. The molecule has 5 rings (SSSR count). The van der Waals surface area contributed by atoms with Crippen LogP contribution in [-0.4, -0.2) is 39.7 Å². The van der Waals surface area contributed by atoms with Crippen molar-refractivity contribution in [3.05, 3.63) is 78.1 Å². The number of fused-ring (bicyclic) bond motifs is 1. The van der Waals surface area contributed by atoms with Crippen LogP contribution in [0.4, 0.5) is 5.69 Å². The molecule has 2 aliphatic rings. The molecule has 0 saturated carbocycles. The number of hydrogen-bond acceptors (Lipinski definition) is 3. The molecule has 1 N–H and O–H groups in total. The lowest BCUT2D eigenvalue weighted by molar-refractivity contribution is -0.121. The molecule has 1 aliphatic heterocycles. The summed E-state index contributed by atoms with van der Waals surface area (Å²) in [5.74, 6) is 0.170. The minimum Gasteiger partial charge on any atom is -0.326 e. The van der Waals surface area contributed by atoms with E-state index in [1.165, 1.54) is 11.1 Å². The molecule has 1 aliphatic carbocycles. The number of amides is 1. The van der Waals surface area contributed by atoms with E-state index in [-0.39, 0.29) is 11.8 Å². The Labute approximate surface area is 171 Å². The number of piperidine rings is 1. The van der Waals surface area contributed by atoms with E-state index in [0.717, 1.165) is 50.1 Å². The van der Waals surface area contributed by atoms with Crippen LogP contribution in [0.3, 0.4) is 0 Å². The molecule has 5 nitrogen and oxygen atoms in total. The number of aromatic nitrogens is 2. The van der Waals surface area contributed by atoms with Gasteiger partial charge in [-0.1, -0.05) is 30.3 Å². The molecule has 1 atom stereocenters. The fourth-order valence-corrected chi connectivity index (χ4v) is 4.74. The second-order valence-electron chi connectivity index (χ2n) is 8.16. The van der Waals surface area contributed by atoms with Gasteiger partial charge in [0.1, 0.15) is 0 Å². The van der Waals surface area contributed by atoms with Gasteiger partial charge in [0.2, 0.25) is 5.91 Å². The summed E-state index contributed by atoms with van der Waals surface area (Å²) in [5.41, 5.74) is 4.72. The fourth-order valence-electron chi connectivity index (χ4n) is 4.74. The first-order valence-electron chi connectivity index (χ1n) is 10.5. The standard InChI is InChI=1S/C24H26N4O/c29-24(26-21-9-3-10-22(16-21)28-13-5-11-25-28)20-8-4-12-27(17-20)23-14-18-6-1-2-7-19(18)15-23/h1-3,5-7,9-11,13,16,20,23H,4,8,12,14-15,17H2,(H,26,29). The lowest BCUT2D eigenvalue weighted by Crippen LogP contribution is -2.46. The van der Waals surface area contributed by atoms with Gasteiger partial charge >= 0.3 is 0 Å². The highest BCUT2D eigenvalue weighted by Crippen LogP contribution is 2.29. The lowest BCUT2D eigenvalue weighted by atomic mass is 9.95. The van der Waals surface area contributed by atoms with Crippen LogP contribution in [0.5, 0.6) is 0 Å². The average molecular weight is 386 g/mol. The van der Waals surface area contributed by atoms with Crippen LogP contribution < -0.4 is 5.32 Å². The summed E-state index contributed by atoms with van der Waals surface area (Å²) < 4.78 is 1.80. The molecule has 1 saturated heterocycles. The molecule has 0 spiro atoms. The molecule has 5 heteroatoms. The number of benzene rings is 2. The summed E-state index contributed by atoms with van der Waals surface area (Å²) in [6.07, 6.45) is 7.91. The molecule has 2 heterocycles. The number of carbonyl (C=O) groups is 1. The topological polar surface area (TPSA) is 50.2 Å². The van der Waals surface area contributed by atoms with Crippen molar-refractivity contribution >= 4 is 11.6 Å². The predicted molar refractivity (Wildman–Crippen MR) is 114 cm³/mol. The van der Waals surface area contributed by atoms with Crippen LogP contribution in [0.15, 0.2) is 67.0 Å². The zero-order valence-corrected chi connectivity index (χ0v) is 16.5. The zero-order valence-electron chi connectivity index (χ0n) is 16.5. The Bertz CT molecular complexity index is 973. The maximum Gasteiger partial charge on any atom is 0.228 e. The van der Waals surface area contributed by atoms with Gasteiger partial charge < -0.3 is 5.32 Å². The molecular weight excluding hydrogens is 360 g/mol. The van der Waals surface area contributed by atoms with Crippen LogP contribution >= 0.6 is 0 Å². The van der Waals surface area contributed by atoms with Crippen molar-refractivity contribution in [1.82, 2.24) is 14.7 Å². The third-order valence-electron chi connectivity index (χ3n) is 6.25. The average Bonchev–Trinajstić information content (AvgIpc) is 3.44. The van der Waals surface area contributed by atoms with Crippen molar-refractivity contribution in [3.8, 4) is 5.69 Å². The highest BCUT2D eigenvalue weighted by atomic mass is 16.1. The Morgan fingerprint density at radius 3 is 2.62 bits per heavy atom. The van der Waals surface area contributed by atoms with Gasteiger partial charge in [0.05, 0.1) is 11.6 Å². The SMILES string of the molecule is O=C(Nc1cccc(-n2cccn2)c1)C1CCCN(C2Cc3ccccc3C2)C1. The van der Waals surface area contributed by atoms with Gasteiger partial charge in [0, 0.05) is 30.7 Å². The second kappa shape index (κ2) is 7.84. The maximum atomic E-state index is 13.0. The van der Waals surface area contributed by atoms with E-state index in [9.17, 15) is 4.79 Å². The van der Waals surface area contributed by atoms with E-state index >= 15 is 0 Å². The van der Waals surface area contributed by atoms with Crippen molar-refractivity contribution < 1.29 is 4.79 Å². The van der Waals surface area contributed by atoms with E-state index in [0.29, 0.717) is 6.04 Å². The number of likely N-dealkylation sites (tertiary alicyclic amines) is 1. The molecular formula is C24H26N4O. The molecule has 1 aromatic heterocycles. The van der Waals surface area contributed by atoms with Gasteiger partial charge in [-0.15, -0.1) is 0 Å². The molecule has 2 aromatic carbocycles. The van der Waals surface area contributed by atoms with E-state index < -0.39 is 0 Å². The minimum atomic E-state index is 0.0424. The number of hydrogen-bond donors (Lipinski definition) is 1. The first-order valence-corrected chi connectivity index (χ1v) is 10.5. The third kappa shape index (κ3) is 3.83. The lowest BCUT2D eigenvalue weighted by Gasteiger charge is -2.36. The monoisotopic (exact) mass is 386 g/mol. The number of carbonyl (C=O) groups excluding carboxylic acids is 1. The number of anilines is 1. The molecule has 1 unspecified atom stereocenters. The highest BCUT2D eigenvalue weighted by molar-refractivity contribution is 5.93. The fraction of sp³-hybridized carbons (Fsp3) is 0.333. The van der Waals surface area contributed by atoms with Gasteiger partial charge in [-0.25, -0.2) is 4.68 Å². The van der Waals surface area contributed by atoms with Gasteiger partial charge in [-0.2, -0.15) is 5.10 Å². The Hall–Kier alpha value is -2.92. The smallest absolute Gasteiger partial charge is 0.228 e. The summed E-state index contributed by atoms with van der Waals surface area (Å²) in [6, 6.07) is 19.0. The second-order valence-corrected chi connectivity index (χ2v) is 8.16.